The molecule has 0 aromatic carbocycles. The molecule has 0 spiro atoms. The fourth-order valence-corrected chi connectivity index (χ4v) is 0.428. The zero-order valence-corrected chi connectivity index (χ0v) is 13.1. The minimum atomic E-state index is -0.833. The van der Waals surface area contributed by atoms with Crippen molar-refractivity contribution in [1.29, 1.82) is 0 Å². The summed E-state index contributed by atoms with van der Waals surface area (Å²) in [7, 11) is 0. The van der Waals surface area contributed by atoms with Gasteiger partial charge in [-0.3, -0.25) is 14.4 Å². The highest BCUT2D eigenvalue weighted by Crippen LogP contribution is 1.82. The average Bonchev–Trinajstić information content (AvgIpc) is 2.29. The lowest BCUT2D eigenvalue weighted by Gasteiger charge is -1.90. The quantitative estimate of drug-likeness (QED) is 0.507. The van der Waals surface area contributed by atoms with Crippen molar-refractivity contribution in [3.8, 4) is 0 Å². The van der Waals surface area contributed by atoms with Gasteiger partial charge < -0.3 is 25.5 Å². The molecule has 0 aliphatic rings. The molecule has 0 aromatic heterocycles. The highest BCUT2D eigenvalue weighted by molar-refractivity contribution is 5.66. The molecule has 8 heteroatoms. The fourth-order valence-electron chi connectivity index (χ4n) is 0.428. The first-order valence-corrected chi connectivity index (χ1v) is 6.46. The number of hydrogen-bond donors (Lipinski definition) is 5. The Labute approximate surface area is 125 Å². The molecule has 0 bridgehead atoms. The summed E-state index contributed by atoms with van der Waals surface area (Å²) in [5, 5.41) is 39.2. The van der Waals surface area contributed by atoms with Gasteiger partial charge in [0.25, 0.3) is 5.97 Å². The summed E-state index contributed by atoms with van der Waals surface area (Å²) in [6, 6.07) is 0. The van der Waals surface area contributed by atoms with E-state index < -0.39 is 24.0 Å². The molecular formula is C13H28O8. The summed E-state index contributed by atoms with van der Waals surface area (Å²) in [5.41, 5.74) is 0. The summed E-state index contributed by atoms with van der Waals surface area (Å²) in [6.07, 6.45) is 1.49. The lowest BCUT2D eigenvalue weighted by Crippen LogP contribution is -2.03. The van der Waals surface area contributed by atoms with Gasteiger partial charge in [-0.2, -0.15) is 0 Å². The van der Waals surface area contributed by atoms with Gasteiger partial charge in [-0.05, 0) is 19.8 Å². The molecule has 0 fully saturated rings. The minimum absolute atomic E-state index is 0.139. The smallest absolute Gasteiger partial charge is 0.303 e. The first kappa shape index (κ1) is 27.6. The van der Waals surface area contributed by atoms with Gasteiger partial charge in [-0.1, -0.05) is 13.8 Å². The first-order valence-electron chi connectivity index (χ1n) is 6.46. The molecule has 128 valence electrons. The zero-order valence-electron chi connectivity index (χ0n) is 13.1. The van der Waals surface area contributed by atoms with Gasteiger partial charge in [-0.15, -0.1) is 0 Å². The van der Waals surface area contributed by atoms with E-state index in [1.807, 2.05) is 13.8 Å². The summed E-state index contributed by atoms with van der Waals surface area (Å²) < 4.78 is 0. The lowest BCUT2D eigenvalue weighted by molar-refractivity contribution is -0.138. The number of aliphatic hydroxyl groups excluding tert-OH is 2. The third-order valence-corrected chi connectivity index (χ3v) is 1.19. The third-order valence-electron chi connectivity index (χ3n) is 1.19. The van der Waals surface area contributed by atoms with Crippen LogP contribution in [0.3, 0.4) is 0 Å². The molecule has 0 saturated heterocycles. The van der Waals surface area contributed by atoms with Gasteiger partial charge in [0, 0.05) is 19.8 Å². The van der Waals surface area contributed by atoms with E-state index in [-0.39, 0.29) is 6.61 Å². The molecule has 1 atom stereocenters. The second-order valence-electron chi connectivity index (χ2n) is 3.84. The monoisotopic (exact) mass is 312 g/mol. The van der Waals surface area contributed by atoms with Crippen molar-refractivity contribution in [1.82, 2.24) is 0 Å². The van der Waals surface area contributed by atoms with Crippen LogP contribution in [-0.2, 0) is 14.4 Å². The Balaban J connectivity index is -0.0000000929. The van der Waals surface area contributed by atoms with Crippen LogP contribution in [0.25, 0.3) is 0 Å². The normalized spacial score (nSPS) is 9.43. The van der Waals surface area contributed by atoms with Crippen molar-refractivity contribution in [2.75, 3.05) is 6.61 Å². The van der Waals surface area contributed by atoms with E-state index in [1.54, 1.807) is 0 Å². The number of hydrogen-bond acceptors (Lipinski definition) is 5. The van der Waals surface area contributed by atoms with Crippen LogP contribution in [0.2, 0.25) is 0 Å². The van der Waals surface area contributed by atoms with Gasteiger partial charge >= 0.3 is 11.9 Å². The van der Waals surface area contributed by atoms with Crippen molar-refractivity contribution in [2.45, 2.75) is 59.5 Å². The Hall–Kier alpha value is -1.67. The Morgan fingerprint density at radius 2 is 1.10 bits per heavy atom. The summed E-state index contributed by atoms with van der Waals surface area (Å²) in [6.45, 7) is 6.16. The molecule has 0 aliphatic carbocycles. The molecule has 0 aliphatic heterocycles. The Morgan fingerprint density at radius 3 is 1.10 bits per heavy atom. The molecule has 0 rings (SSSR count). The van der Waals surface area contributed by atoms with E-state index in [0.717, 1.165) is 19.8 Å². The topological polar surface area (TPSA) is 152 Å². The zero-order chi connectivity index (χ0) is 17.8. The van der Waals surface area contributed by atoms with Crippen LogP contribution < -0.4 is 0 Å². The lowest BCUT2D eigenvalue weighted by atomic mass is 10.4. The standard InChI is InChI=1S/2C4H8O2.C3H8O2.C2H4O2/c2*1-2-3-4(5)6;1-3(5)2-4;1-2(3)4/h2*2-3H2,1H3,(H,5,6);3-5H,2H2,1H3;1H3,(H,3,4). The molecule has 0 aromatic rings. The molecule has 0 heterocycles. The van der Waals surface area contributed by atoms with Crippen molar-refractivity contribution >= 4 is 17.9 Å². The number of aliphatic hydroxyl groups is 2. The van der Waals surface area contributed by atoms with Gasteiger partial charge in [0.1, 0.15) is 0 Å². The van der Waals surface area contributed by atoms with Gasteiger partial charge in [0.2, 0.25) is 0 Å². The van der Waals surface area contributed by atoms with Crippen molar-refractivity contribution < 1.29 is 39.9 Å². The molecular weight excluding hydrogens is 284 g/mol. The summed E-state index contributed by atoms with van der Waals surface area (Å²) in [5.74, 6) is -2.25. The summed E-state index contributed by atoms with van der Waals surface area (Å²) >= 11 is 0. The van der Waals surface area contributed by atoms with Crippen LogP contribution >= 0.6 is 0 Å². The molecule has 0 amide bonds. The predicted octanol–water partition coefficient (Wildman–Crippen LogP) is 1.19. The number of carboxylic acids is 3. The van der Waals surface area contributed by atoms with Crippen molar-refractivity contribution in [2.24, 2.45) is 0 Å². The summed E-state index contributed by atoms with van der Waals surface area (Å²) in [4.78, 5) is 28.2. The largest absolute Gasteiger partial charge is 0.481 e. The van der Waals surface area contributed by atoms with Gasteiger partial charge in [0.15, 0.2) is 0 Å². The van der Waals surface area contributed by atoms with E-state index in [9.17, 15) is 9.59 Å². The van der Waals surface area contributed by atoms with E-state index in [2.05, 4.69) is 0 Å². The Morgan fingerprint density at radius 1 is 0.905 bits per heavy atom. The molecule has 5 N–H and O–H groups in total. The highest BCUT2D eigenvalue weighted by Gasteiger charge is 1.88. The SMILES string of the molecule is CC(=O)O.CC(O)CO.CCCC(=O)O.CCCC(=O)O. The number of carboxylic acid groups (broad SMARTS) is 3. The van der Waals surface area contributed by atoms with Crippen LogP contribution in [0.4, 0.5) is 0 Å². The van der Waals surface area contributed by atoms with Crippen LogP contribution in [0.5, 0.6) is 0 Å². The first-order chi connectivity index (χ1) is 9.54. The van der Waals surface area contributed by atoms with Crippen LogP contribution in [0.15, 0.2) is 0 Å². The van der Waals surface area contributed by atoms with Crippen LogP contribution in [0, 0.1) is 0 Å². The third kappa shape index (κ3) is 122. The molecule has 1 unspecified atom stereocenters. The number of rotatable bonds is 5. The van der Waals surface area contributed by atoms with E-state index in [0.29, 0.717) is 12.8 Å². The number of carbonyl (C=O) groups is 3. The fraction of sp³-hybridized carbons (Fsp3) is 0.769. The van der Waals surface area contributed by atoms with Gasteiger partial charge in [-0.25, -0.2) is 0 Å². The van der Waals surface area contributed by atoms with Crippen molar-refractivity contribution in [3.63, 3.8) is 0 Å². The maximum atomic E-state index is 9.60. The molecule has 21 heavy (non-hydrogen) atoms. The predicted molar refractivity (Wildman–Crippen MR) is 77.2 cm³/mol. The van der Waals surface area contributed by atoms with E-state index in [4.69, 9.17) is 30.3 Å². The average molecular weight is 312 g/mol. The highest BCUT2D eigenvalue weighted by atomic mass is 16.4. The van der Waals surface area contributed by atoms with Crippen molar-refractivity contribution in [3.05, 3.63) is 0 Å². The van der Waals surface area contributed by atoms with Crippen LogP contribution in [0.1, 0.15) is 53.4 Å². The second kappa shape index (κ2) is 23.4. The van der Waals surface area contributed by atoms with E-state index in [1.165, 1.54) is 6.92 Å². The van der Waals surface area contributed by atoms with Gasteiger partial charge in [0.05, 0.1) is 12.7 Å². The minimum Gasteiger partial charge on any atom is -0.481 e. The maximum absolute atomic E-state index is 9.60. The Kier molecular flexibility index (Phi) is 30.8. The second-order valence-corrected chi connectivity index (χ2v) is 3.84. The van der Waals surface area contributed by atoms with Crippen LogP contribution in [-0.4, -0.2) is 56.2 Å². The maximum Gasteiger partial charge on any atom is 0.303 e. The van der Waals surface area contributed by atoms with E-state index >= 15 is 0 Å². The molecule has 0 radical (unpaired) electrons. The molecule has 8 nitrogen and oxygen atoms in total. The number of aliphatic carboxylic acids is 3. The Bertz CT molecular complexity index is 231. The molecule has 0 saturated carbocycles.